The summed E-state index contributed by atoms with van der Waals surface area (Å²) >= 11 is 0. The van der Waals surface area contributed by atoms with Crippen molar-refractivity contribution in [2.75, 3.05) is 19.6 Å². The number of nitrogens with zero attached hydrogens (tertiary/aromatic N) is 1. The van der Waals surface area contributed by atoms with E-state index in [1.165, 1.54) is 12.3 Å². The number of piperidine rings is 1. The van der Waals surface area contributed by atoms with Gasteiger partial charge in [-0.1, -0.05) is 0 Å². The smallest absolute Gasteiger partial charge is 0.270 e. The van der Waals surface area contributed by atoms with Crippen LogP contribution >= 0.6 is 0 Å². The van der Waals surface area contributed by atoms with E-state index in [1.54, 1.807) is 4.90 Å². The first-order chi connectivity index (χ1) is 11.0. The molecular weight excluding hydrogens is 316 g/mol. The van der Waals surface area contributed by atoms with Gasteiger partial charge in [-0.3, -0.25) is 4.79 Å². The molecule has 2 aliphatic heterocycles. The zero-order chi connectivity index (χ0) is 16.4. The van der Waals surface area contributed by atoms with Gasteiger partial charge in [0.2, 0.25) is 10.0 Å². The van der Waals surface area contributed by atoms with Crippen molar-refractivity contribution in [3.63, 3.8) is 0 Å². The molecule has 0 aromatic carbocycles. The Hall–Kier alpha value is -1.38. The largest absolute Gasteiger partial charge is 0.356 e. The van der Waals surface area contributed by atoms with Crippen molar-refractivity contribution in [2.24, 2.45) is 0 Å². The Bertz CT molecular complexity index is 664. The van der Waals surface area contributed by atoms with Gasteiger partial charge < -0.3 is 15.2 Å². The van der Waals surface area contributed by atoms with Gasteiger partial charge in [0.05, 0.1) is 0 Å². The zero-order valence-corrected chi connectivity index (χ0v) is 14.2. The number of amides is 1. The molecule has 2 unspecified atom stereocenters. The first-order valence-electron chi connectivity index (χ1n) is 8.21. The Labute approximate surface area is 136 Å². The molecule has 7 nitrogen and oxygen atoms in total. The molecule has 1 aromatic rings. The summed E-state index contributed by atoms with van der Waals surface area (Å²) in [5.74, 6) is -0.128. The molecule has 2 aliphatic rings. The van der Waals surface area contributed by atoms with Gasteiger partial charge in [-0.2, -0.15) is 0 Å². The van der Waals surface area contributed by atoms with Crippen LogP contribution in [-0.4, -0.2) is 55.9 Å². The van der Waals surface area contributed by atoms with Gasteiger partial charge in [0.25, 0.3) is 5.91 Å². The van der Waals surface area contributed by atoms with Crippen molar-refractivity contribution in [3.8, 4) is 0 Å². The fourth-order valence-corrected chi connectivity index (χ4v) is 4.56. The van der Waals surface area contributed by atoms with Gasteiger partial charge in [0.15, 0.2) is 0 Å². The van der Waals surface area contributed by atoms with Gasteiger partial charge in [0.1, 0.15) is 10.6 Å². The van der Waals surface area contributed by atoms with E-state index in [9.17, 15) is 13.2 Å². The Morgan fingerprint density at radius 3 is 2.74 bits per heavy atom. The highest BCUT2D eigenvalue weighted by Crippen LogP contribution is 2.18. The minimum absolute atomic E-state index is 0.100. The second-order valence-electron chi connectivity index (χ2n) is 6.36. The predicted molar refractivity (Wildman–Crippen MR) is 86.7 cm³/mol. The van der Waals surface area contributed by atoms with Gasteiger partial charge in [-0.25, -0.2) is 13.1 Å². The van der Waals surface area contributed by atoms with E-state index < -0.39 is 10.0 Å². The lowest BCUT2D eigenvalue weighted by molar-refractivity contribution is 0.0787. The number of sulfonamides is 1. The summed E-state index contributed by atoms with van der Waals surface area (Å²) in [6.45, 7) is 4.37. The first kappa shape index (κ1) is 16.5. The molecule has 3 N–H and O–H groups in total. The SMILES string of the molecule is CC1NCCCC1NS(=O)(=O)c1c[nH]c(C(=O)N2CCCC2)c1. The molecule has 0 spiro atoms. The van der Waals surface area contributed by atoms with E-state index in [4.69, 9.17) is 0 Å². The number of nitrogens with one attached hydrogen (secondary N) is 3. The Balaban J connectivity index is 1.71. The maximum atomic E-state index is 12.5. The number of aromatic nitrogens is 1. The lowest BCUT2D eigenvalue weighted by Gasteiger charge is -2.30. The van der Waals surface area contributed by atoms with E-state index in [-0.39, 0.29) is 22.9 Å². The molecular formula is C15H24N4O3S. The van der Waals surface area contributed by atoms with E-state index >= 15 is 0 Å². The second-order valence-corrected chi connectivity index (χ2v) is 8.08. The molecule has 128 valence electrons. The van der Waals surface area contributed by atoms with Crippen molar-refractivity contribution >= 4 is 15.9 Å². The third kappa shape index (κ3) is 3.59. The summed E-state index contributed by atoms with van der Waals surface area (Å²) in [4.78, 5) is 17.0. The van der Waals surface area contributed by atoms with Crippen LogP contribution in [0.5, 0.6) is 0 Å². The van der Waals surface area contributed by atoms with Crippen molar-refractivity contribution in [1.29, 1.82) is 0 Å². The number of carbonyl (C=O) groups is 1. The van der Waals surface area contributed by atoms with Crippen LogP contribution in [0, 0.1) is 0 Å². The van der Waals surface area contributed by atoms with Gasteiger partial charge in [0, 0.05) is 31.4 Å². The number of aromatic amines is 1. The minimum Gasteiger partial charge on any atom is -0.356 e. The summed E-state index contributed by atoms with van der Waals surface area (Å²) in [5.41, 5.74) is 0.335. The molecule has 0 radical (unpaired) electrons. The highest BCUT2D eigenvalue weighted by molar-refractivity contribution is 7.89. The van der Waals surface area contributed by atoms with Crippen molar-refractivity contribution in [3.05, 3.63) is 18.0 Å². The van der Waals surface area contributed by atoms with Crippen LogP contribution in [0.1, 0.15) is 43.1 Å². The third-order valence-corrected chi connectivity index (χ3v) is 6.13. The van der Waals surface area contributed by atoms with Crippen molar-refractivity contribution < 1.29 is 13.2 Å². The Morgan fingerprint density at radius 2 is 2.04 bits per heavy atom. The number of likely N-dealkylation sites (tertiary alicyclic amines) is 1. The van der Waals surface area contributed by atoms with Crippen LogP contribution in [0.15, 0.2) is 17.2 Å². The second kappa shape index (κ2) is 6.62. The standard InChI is InChI=1S/C15H24N4O3S/c1-11-13(5-4-6-16-11)18-23(21,22)12-9-14(17-10-12)15(20)19-7-2-3-8-19/h9-11,13,16-18H,2-8H2,1H3. The van der Waals surface area contributed by atoms with E-state index in [0.29, 0.717) is 5.69 Å². The lowest BCUT2D eigenvalue weighted by atomic mass is 10.0. The van der Waals surface area contributed by atoms with Gasteiger partial charge >= 0.3 is 0 Å². The van der Waals surface area contributed by atoms with Crippen LogP contribution in [0.4, 0.5) is 0 Å². The molecule has 1 amide bonds. The fourth-order valence-electron chi connectivity index (χ4n) is 3.22. The molecule has 0 saturated carbocycles. The number of hydrogen-bond acceptors (Lipinski definition) is 4. The average molecular weight is 340 g/mol. The van der Waals surface area contributed by atoms with Crippen molar-refractivity contribution in [2.45, 2.75) is 49.6 Å². The number of hydrogen-bond donors (Lipinski definition) is 3. The van der Waals surface area contributed by atoms with E-state index in [0.717, 1.165) is 45.3 Å². The maximum absolute atomic E-state index is 12.5. The molecule has 3 heterocycles. The number of rotatable bonds is 4. The van der Waals surface area contributed by atoms with Crippen LogP contribution in [-0.2, 0) is 10.0 Å². The van der Waals surface area contributed by atoms with Crippen LogP contribution in [0.2, 0.25) is 0 Å². The highest BCUT2D eigenvalue weighted by Gasteiger charge is 2.28. The van der Waals surface area contributed by atoms with Gasteiger partial charge in [-0.05, 0) is 45.2 Å². The number of H-pyrrole nitrogens is 1. The summed E-state index contributed by atoms with van der Waals surface area (Å²) < 4.78 is 27.8. The average Bonchev–Trinajstić information content (AvgIpc) is 3.20. The molecule has 1 aromatic heterocycles. The highest BCUT2D eigenvalue weighted by atomic mass is 32.2. The topological polar surface area (TPSA) is 94.3 Å². The zero-order valence-electron chi connectivity index (χ0n) is 13.3. The summed E-state index contributed by atoms with van der Waals surface area (Å²) in [5, 5.41) is 3.27. The molecule has 23 heavy (non-hydrogen) atoms. The predicted octanol–water partition coefficient (Wildman–Crippen LogP) is 0.670. The minimum atomic E-state index is -3.62. The normalized spacial score (nSPS) is 25.7. The fraction of sp³-hybridized carbons (Fsp3) is 0.667. The van der Waals surface area contributed by atoms with E-state index in [1.807, 2.05) is 6.92 Å². The summed E-state index contributed by atoms with van der Waals surface area (Å²) in [7, 11) is -3.62. The maximum Gasteiger partial charge on any atom is 0.270 e. The molecule has 2 atom stereocenters. The molecule has 0 bridgehead atoms. The Kier molecular flexibility index (Phi) is 4.74. The van der Waals surface area contributed by atoms with Crippen LogP contribution < -0.4 is 10.0 Å². The molecule has 3 rings (SSSR count). The molecule has 8 heteroatoms. The molecule has 2 saturated heterocycles. The molecule has 0 aliphatic carbocycles. The Morgan fingerprint density at radius 1 is 1.30 bits per heavy atom. The van der Waals surface area contributed by atoms with E-state index in [2.05, 4.69) is 15.0 Å². The quantitative estimate of drug-likeness (QED) is 0.751. The lowest BCUT2D eigenvalue weighted by Crippen LogP contribution is -2.51. The summed E-state index contributed by atoms with van der Waals surface area (Å²) in [6.07, 6.45) is 5.17. The van der Waals surface area contributed by atoms with Crippen LogP contribution in [0.25, 0.3) is 0 Å². The van der Waals surface area contributed by atoms with Gasteiger partial charge in [-0.15, -0.1) is 0 Å². The van der Waals surface area contributed by atoms with Crippen molar-refractivity contribution in [1.82, 2.24) is 19.9 Å². The van der Waals surface area contributed by atoms with Crippen LogP contribution in [0.3, 0.4) is 0 Å². The number of carbonyl (C=O) groups excluding carboxylic acids is 1. The monoisotopic (exact) mass is 340 g/mol. The third-order valence-electron chi connectivity index (χ3n) is 4.66. The molecule has 2 fully saturated rings. The first-order valence-corrected chi connectivity index (χ1v) is 9.69. The summed E-state index contributed by atoms with van der Waals surface area (Å²) in [6, 6.07) is 1.41.